The van der Waals surface area contributed by atoms with Crippen molar-refractivity contribution in [1.29, 1.82) is 5.26 Å². The van der Waals surface area contributed by atoms with E-state index in [-0.39, 0.29) is 0 Å². The van der Waals surface area contributed by atoms with E-state index in [1.54, 1.807) is 19.2 Å². The predicted octanol–water partition coefficient (Wildman–Crippen LogP) is 6.30. The third kappa shape index (κ3) is 4.10. The van der Waals surface area contributed by atoms with E-state index < -0.39 is 0 Å². The van der Waals surface area contributed by atoms with Gasteiger partial charge >= 0.3 is 0 Å². The number of halogens is 2. The van der Waals surface area contributed by atoms with Crippen LogP contribution >= 0.6 is 38.9 Å². The van der Waals surface area contributed by atoms with Crippen LogP contribution in [-0.4, -0.2) is 12.1 Å². The third-order valence-electron chi connectivity index (χ3n) is 3.47. The molecule has 0 spiro atoms. The molecule has 0 radical (unpaired) electrons. The first kappa shape index (κ1) is 17.7. The van der Waals surface area contributed by atoms with Gasteiger partial charge in [-0.1, -0.05) is 39.7 Å². The van der Waals surface area contributed by atoms with E-state index in [4.69, 9.17) is 16.3 Å². The van der Waals surface area contributed by atoms with E-state index >= 15 is 0 Å². The van der Waals surface area contributed by atoms with E-state index in [2.05, 4.69) is 27.0 Å². The van der Waals surface area contributed by atoms with Gasteiger partial charge in [0.1, 0.15) is 16.8 Å². The molecular formula is C19H12BrClN2OS. The summed E-state index contributed by atoms with van der Waals surface area (Å²) in [5, 5.41) is 12.7. The van der Waals surface area contributed by atoms with Crippen LogP contribution in [0.1, 0.15) is 10.6 Å². The lowest BCUT2D eigenvalue weighted by Crippen LogP contribution is -1.89. The number of rotatable bonds is 4. The second-order valence-corrected chi connectivity index (χ2v) is 7.31. The molecule has 0 unspecified atom stereocenters. The Kier molecular flexibility index (Phi) is 5.54. The SMILES string of the molecule is COc1ccc(Cl)cc1-c1csc(/C(C#N)=C\c2ccc(Br)cc2)n1. The van der Waals surface area contributed by atoms with Crippen LogP contribution in [0.4, 0.5) is 0 Å². The van der Waals surface area contributed by atoms with Gasteiger partial charge in [-0.2, -0.15) is 5.26 Å². The number of allylic oxidation sites excluding steroid dienone is 1. The molecule has 2 aromatic carbocycles. The highest BCUT2D eigenvalue weighted by Gasteiger charge is 2.13. The molecule has 0 saturated heterocycles. The zero-order chi connectivity index (χ0) is 17.8. The predicted molar refractivity (Wildman–Crippen MR) is 107 cm³/mol. The van der Waals surface area contributed by atoms with Gasteiger partial charge < -0.3 is 4.74 Å². The van der Waals surface area contributed by atoms with Gasteiger partial charge in [0.25, 0.3) is 0 Å². The van der Waals surface area contributed by atoms with Crippen molar-refractivity contribution < 1.29 is 4.74 Å². The summed E-state index contributed by atoms with van der Waals surface area (Å²) >= 11 is 10.9. The van der Waals surface area contributed by atoms with Gasteiger partial charge in [0.15, 0.2) is 0 Å². The van der Waals surface area contributed by atoms with Crippen molar-refractivity contribution in [2.75, 3.05) is 7.11 Å². The van der Waals surface area contributed by atoms with E-state index in [0.717, 1.165) is 21.3 Å². The first-order valence-electron chi connectivity index (χ1n) is 7.28. The maximum absolute atomic E-state index is 9.51. The highest BCUT2D eigenvalue weighted by atomic mass is 79.9. The number of aromatic nitrogens is 1. The highest BCUT2D eigenvalue weighted by Crippen LogP contribution is 2.34. The summed E-state index contributed by atoms with van der Waals surface area (Å²) in [4.78, 5) is 4.59. The minimum atomic E-state index is 0.513. The Hall–Kier alpha value is -2.13. The van der Waals surface area contributed by atoms with Gasteiger partial charge in [-0.3, -0.25) is 0 Å². The number of nitriles is 1. The van der Waals surface area contributed by atoms with E-state index in [1.165, 1.54) is 11.3 Å². The lowest BCUT2D eigenvalue weighted by Gasteiger charge is -2.06. The van der Waals surface area contributed by atoms with Crippen molar-refractivity contribution in [3.05, 3.63) is 67.9 Å². The minimum absolute atomic E-state index is 0.513. The molecule has 3 aromatic rings. The van der Waals surface area contributed by atoms with Gasteiger partial charge in [0.05, 0.1) is 18.4 Å². The molecular weight excluding hydrogens is 420 g/mol. The Balaban J connectivity index is 1.99. The van der Waals surface area contributed by atoms with Gasteiger partial charge in [-0.05, 0) is 42.0 Å². The molecule has 0 N–H and O–H groups in total. The molecule has 3 nitrogen and oxygen atoms in total. The lowest BCUT2D eigenvalue weighted by molar-refractivity contribution is 0.416. The number of nitrogens with zero attached hydrogens (tertiary/aromatic N) is 2. The molecule has 0 atom stereocenters. The topological polar surface area (TPSA) is 45.9 Å². The Labute approximate surface area is 163 Å². The highest BCUT2D eigenvalue weighted by molar-refractivity contribution is 9.10. The van der Waals surface area contributed by atoms with Crippen molar-refractivity contribution in [2.45, 2.75) is 0 Å². The van der Waals surface area contributed by atoms with Crippen LogP contribution in [0, 0.1) is 11.3 Å². The van der Waals surface area contributed by atoms with Crippen molar-refractivity contribution in [2.24, 2.45) is 0 Å². The molecule has 0 aliphatic rings. The summed E-state index contributed by atoms with van der Waals surface area (Å²) in [6.45, 7) is 0. The Bertz CT molecular complexity index is 974. The van der Waals surface area contributed by atoms with Gasteiger partial charge in [-0.15, -0.1) is 11.3 Å². The first-order chi connectivity index (χ1) is 12.1. The fraction of sp³-hybridized carbons (Fsp3) is 0.0526. The van der Waals surface area contributed by atoms with Crippen LogP contribution < -0.4 is 4.74 Å². The van der Waals surface area contributed by atoms with Crippen LogP contribution in [0.5, 0.6) is 5.75 Å². The average molecular weight is 432 g/mol. The van der Waals surface area contributed by atoms with Gasteiger partial charge in [0.2, 0.25) is 0 Å². The van der Waals surface area contributed by atoms with Crippen LogP contribution in [0.15, 0.2) is 52.3 Å². The molecule has 1 aromatic heterocycles. The maximum atomic E-state index is 9.51. The van der Waals surface area contributed by atoms with E-state index in [9.17, 15) is 5.26 Å². The molecule has 0 aliphatic heterocycles. The summed E-state index contributed by atoms with van der Waals surface area (Å²) < 4.78 is 6.37. The molecule has 6 heteroatoms. The second-order valence-electron chi connectivity index (χ2n) is 5.10. The van der Waals surface area contributed by atoms with Crippen LogP contribution in [0.2, 0.25) is 5.02 Å². The molecule has 0 fully saturated rings. The minimum Gasteiger partial charge on any atom is -0.496 e. The van der Waals surface area contributed by atoms with Crippen LogP contribution in [0.25, 0.3) is 22.9 Å². The summed E-state index contributed by atoms with van der Waals surface area (Å²) in [6, 6.07) is 15.4. The van der Waals surface area contributed by atoms with Crippen LogP contribution in [-0.2, 0) is 0 Å². The summed E-state index contributed by atoms with van der Waals surface area (Å²) in [5.74, 6) is 0.691. The summed E-state index contributed by atoms with van der Waals surface area (Å²) in [7, 11) is 1.61. The lowest BCUT2D eigenvalue weighted by atomic mass is 10.1. The third-order valence-corrected chi connectivity index (χ3v) is 5.11. The fourth-order valence-electron chi connectivity index (χ4n) is 2.27. The molecule has 1 heterocycles. The Morgan fingerprint density at radius 3 is 2.72 bits per heavy atom. The van der Waals surface area contributed by atoms with Crippen molar-refractivity contribution in [3.63, 3.8) is 0 Å². The zero-order valence-corrected chi connectivity index (χ0v) is 16.3. The number of hydrogen-bond donors (Lipinski definition) is 0. The molecule has 0 aliphatic carbocycles. The van der Waals surface area contributed by atoms with Gasteiger partial charge in [-0.25, -0.2) is 4.98 Å². The molecule has 0 saturated carbocycles. The molecule has 25 heavy (non-hydrogen) atoms. The average Bonchev–Trinajstić information content (AvgIpc) is 3.11. The standard InChI is InChI=1S/C19H12BrClN2OS/c1-24-18-7-6-15(21)9-16(18)17-11-25-19(23-17)13(10-22)8-12-2-4-14(20)5-3-12/h2-9,11H,1H3/b13-8-. The normalized spacial score (nSPS) is 11.2. The number of methoxy groups -OCH3 is 1. The van der Waals surface area contributed by atoms with Gasteiger partial charge in [0, 0.05) is 20.4 Å². The summed E-state index contributed by atoms with van der Waals surface area (Å²) in [6.07, 6.45) is 1.82. The van der Waals surface area contributed by atoms with Crippen molar-refractivity contribution in [1.82, 2.24) is 4.98 Å². The number of ether oxygens (including phenoxy) is 1. The van der Waals surface area contributed by atoms with Crippen LogP contribution in [0.3, 0.4) is 0 Å². The fourth-order valence-corrected chi connectivity index (χ4v) is 3.49. The molecule has 0 bridgehead atoms. The molecule has 0 amide bonds. The second kappa shape index (κ2) is 7.83. The number of hydrogen-bond acceptors (Lipinski definition) is 4. The Morgan fingerprint density at radius 1 is 1.28 bits per heavy atom. The largest absolute Gasteiger partial charge is 0.496 e. The zero-order valence-electron chi connectivity index (χ0n) is 13.2. The first-order valence-corrected chi connectivity index (χ1v) is 9.33. The number of thiazole rings is 1. The number of benzene rings is 2. The molecule has 124 valence electrons. The molecule has 3 rings (SSSR count). The summed E-state index contributed by atoms with van der Waals surface area (Å²) in [5.41, 5.74) is 2.99. The maximum Gasteiger partial charge on any atom is 0.134 e. The van der Waals surface area contributed by atoms with Crippen molar-refractivity contribution >= 4 is 50.5 Å². The smallest absolute Gasteiger partial charge is 0.134 e. The monoisotopic (exact) mass is 430 g/mol. The quantitative estimate of drug-likeness (QED) is 0.455. The Morgan fingerprint density at radius 2 is 2.04 bits per heavy atom. The van der Waals surface area contributed by atoms with Crippen molar-refractivity contribution in [3.8, 4) is 23.1 Å². The van der Waals surface area contributed by atoms with E-state index in [1.807, 2.05) is 41.8 Å². The van der Waals surface area contributed by atoms with E-state index in [0.29, 0.717) is 21.4 Å².